The molecule has 0 saturated carbocycles. The predicted molar refractivity (Wildman–Crippen MR) is 107 cm³/mol. The molecule has 1 aromatic carbocycles. The van der Waals surface area contributed by atoms with Crippen LogP contribution in [0.4, 0.5) is 29.0 Å². The first-order valence-corrected chi connectivity index (χ1v) is 8.98. The molecule has 1 fully saturated rings. The normalized spacial score (nSPS) is 16.5. The molecule has 2 aromatic rings. The summed E-state index contributed by atoms with van der Waals surface area (Å²) in [5, 5.41) is 14.6. The van der Waals surface area contributed by atoms with E-state index >= 15 is 0 Å². The number of benzene rings is 1. The van der Waals surface area contributed by atoms with Gasteiger partial charge in [0, 0.05) is 19.2 Å². The SMILES string of the molecule is COc1ccc(OC)c(Nc2nc(N)c([N+](=O)[O-])c(N3CCC[C@@H](C)C3)n2)c1. The van der Waals surface area contributed by atoms with E-state index in [1.807, 2.05) is 4.90 Å². The van der Waals surface area contributed by atoms with Gasteiger partial charge in [0.05, 0.1) is 24.8 Å². The Kier molecular flexibility index (Phi) is 5.67. The molecule has 2 heterocycles. The van der Waals surface area contributed by atoms with Crippen LogP contribution in [0.25, 0.3) is 0 Å². The summed E-state index contributed by atoms with van der Waals surface area (Å²) in [4.78, 5) is 21.5. The Morgan fingerprint density at radius 1 is 1.32 bits per heavy atom. The van der Waals surface area contributed by atoms with E-state index in [-0.39, 0.29) is 23.3 Å². The smallest absolute Gasteiger partial charge is 0.353 e. The third kappa shape index (κ3) is 4.00. The second-order valence-electron chi connectivity index (χ2n) is 6.75. The fourth-order valence-corrected chi connectivity index (χ4v) is 3.33. The number of hydrogen-bond acceptors (Lipinski definition) is 9. The van der Waals surface area contributed by atoms with Crippen molar-refractivity contribution in [3.05, 3.63) is 28.3 Å². The molecule has 1 saturated heterocycles. The van der Waals surface area contributed by atoms with E-state index in [0.29, 0.717) is 36.2 Å². The van der Waals surface area contributed by atoms with Crippen LogP contribution in [0.15, 0.2) is 18.2 Å². The zero-order valence-corrected chi connectivity index (χ0v) is 16.1. The van der Waals surface area contributed by atoms with Crippen molar-refractivity contribution in [3.8, 4) is 11.5 Å². The van der Waals surface area contributed by atoms with Crippen molar-refractivity contribution in [2.75, 3.05) is 43.3 Å². The van der Waals surface area contributed by atoms with Gasteiger partial charge in [0.15, 0.2) is 0 Å². The van der Waals surface area contributed by atoms with Crippen molar-refractivity contribution >= 4 is 29.0 Å². The van der Waals surface area contributed by atoms with Crippen LogP contribution in [-0.4, -0.2) is 42.2 Å². The number of ether oxygens (including phenoxy) is 2. The second-order valence-corrected chi connectivity index (χ2v) is 6.75. The first-order valence-electron chi connectivity index (χ1n) is 8.98. The van der Waals surface area contributed by atoms with Gasteiger partial charge in [-0.25, -0.2) is 0 Å². The first kappa shape index (κ1) is 19.5. The number of nitrogens with two attached hydrogens (primary N) is 1. The highest BCUT2D eigenvalue weighted by atomic mass is 16.6. The van der Waals surface area contributed by atoms with E-state index in [0.717, 1.165) is 12.8 Å². The van der Waals surface area contributed by atoms with Gasteiger partial charge in [-0.05, 0) is 30.9 Å². The Bertz CT molecular complexity index is 875. The number of nitrogens with zero attached hydrogens (tertiary/aromatic N) is 4. The molecule has 3 rings (SSSR count). The minimum absolute atomic E-state index is 0.155. The van der Waals surface area contributed by atoms with Gasteiger partial charge in [-0.15, -0.1) is 0 Å². The molecule has 0 amide bonds. The lowest BCUT2D eigenvalue weighted by Crippen LogP contribution is -2.35. The first-order chi connectivity index (χ1) is 13.4. The number of hydrogen-bond donors (Lipinski definition) is 2. The van der Waals surface area contributed by atoms with Crippen LogP contribution in [0, 0.1) is 16.0 Å². The Labute approximate surface area is 162 Å². The number of anilines is 4. The average Bonchev–Trinajstić information content (AvgIpc) is 2.67. The molecule has 150 valence electrons. The van der Waals surface area contributed by atoms with Crippen LogP contribution in [0.3, 0.4) is 0 Å². The third-order valence-corrected chi connectivity index (χ3v) is 4.68. The Hall–Kier alpha value is -3.30. The van der Waals surface area contributed by atoms with Crippen molar-refractivity contribution in [1.82, 2.24) is 9.97 Å². The number of methoxy groups -OCH3 is 2. The molecule has 28 heavy (non-hydrogen) atoms. The molecule has 1 aromatic heterocycles. The fraction of sp³-hybridized carbons (Fsp3) is 0.444. The summed E-state index contributed by atoms with van der Waals surface area (Å²) in [6.45, 7) is 3.48. The van der Waals surface area contributed by atoms with E-state index in [1.165, 1.54) is 0 Å². The van der Waals surface area contributed by atoms with Crippen molar-refractivity contribution in [2.45, 2.75) is 19.8 Å². The molecular formula is C18H24N6O4. The number of rotatable bonds is 6. The summed E-state index contributed by atoms with van der Waals surface area (Å²) in [6, 6.07) is 5.22. The van der Waals surface area contributed by atoms with Crippen molar-refractivity contribution in [1.29, 1.82) is 0 Å². The second kappa shape index (κ2) is 8.15. The van der Waals surface area contributed by atoms with Crippen LogP contribution in [0.1, 0.15) is 19.8 Å². The summed E-state index contributed by atoms with van der Waals surface area (Å²) in [5.41, 5.74) is 6.23. The summed E-state index contributed by atoms with van der Waals surface area (Å²) in [7, 11) is 3.10. The molecule has 0 unspecified atom stereocenters. The highest BCUT2D eigenvalue weighted by Crippen LogP contribution is 2.36. The Morgan fingerprint density at radius 3 is 2.75 bits per heavy atom. The van der Waals surface area contributed by atoms with E-state index in [1.54, 1.807) is 32.4 Å². The zero-order valence-electron chi connectivity index (χ0n) is 16.1. The minimum atomic E-state index is -0.528. The summed E-state index contributed by atoms with van der Waals surface area (Å²) >= 11 is 0. The average molecular weight is 388 g/mol. The number of aromatic nitrogens is 2. The van der Waals surface area contributed by atoms with Crippen LogP contribution >= 0.6 is 0 Å². The molecule has 1 aliphatic rings. The number of nitrogens with one attached hydrogen (secondary N) is 1. The Balaban J connectivity index is 2.02. The lowest BCUT2D eigenvalue weighted by atomic mass is 10.0. The van der Waals surface area contributed by atoms with Gasteiger partial charge in [0.1, 0.15) is 11.5 Å². The largest absolute Gasteiger partial charge is 0.497 e. The topological polar surface area (TPSA) is 129 Å². The highest BCUT2D eigenvalue weighted by Gasteiger charge is 2.30. The zero-order chi connectivity index (χ0) is 20.3. The molecule has 3 N–H and O–H groups in total. The van der Waals surface area contributed by atoms with Crippen molar-refractivity contribution in [2.24, 2.45) is 5.92 Å². The molecule has 10 heteroatoms. The van der Waals surface area contributed by atoms with Gasteiger partial charge in [0.2, 0.25) is 17.6 Å². The molecular weight excluding hydrogens is 364 g/mol. The van der Waals surface area contributed by atoms with Crippen LogP contribution in [-0.2, 0) is 0 Å². The number of piperidine rings is 1. The van der Waals surface area contributed by atoms with Gasteiger partial charge >= 0.3 is 5.69 Å². The van der Waals surface area contributed by atoms with E-state index in [9.17, 15) is 10.1 Å². The van der Waals surface area contributed by atoms with E-state index in [4.69, 9.17) is 15.2 Å². The van der Waals surface area contributed by atoms with Crippen molar-refractivity contribution in [3.63, 3.8) is 0 Å². The van der Waals surface area contributed by atoms with Gasteiger partial charge in [-0.1, -0.05) is 6.92 Å². The number of nitrogen functional groups attached to an aromatic ring is 1. The fourth-order valence-electron chi connectivity index (χ4n) is 3.33. The van der Waals surface area contributed by atoms with Crippen LogP contribution in [0.5, 0.6) is 11.5 Å². The molecule has 1 aliphatic heterocycles. The van der Waals surface area contributed by atoms with Gasteiger partial charge in [-0.3, -0.25) is 10.1 Å². The van der Waals surface area contributed by atoms with Crippen LogP contribution in [0.2, 0.25) is 0 Å². The van der Waals surface area contributed by atoms with Gasteiger partial charge < -0.3 is 25.4 Å². The van der Waals surface area contributed by atoms with E-state index < -0.39 is 4.92 Å². The van der Waals surface area contributed by atoms with Crippen LogP contribution < -0.4 is 25.4 Å². The quantitative estimate of drug-likeness (QED) is 0.566. The molecule has 10 nitrogen and oxygen atoms in total. The van der Waals surface area contributed by atoms with E-state index in [2.05, 4.69) is 22.2 Å². The minimum Gasteiger partial charge on any atom is -0.497 e. The standard InChI is InChI=1S/C18H24N6O4/c1-11-5-4-8-23(10-11)17-15(24(25)26)16(19)21-18(22-17)20-13-9-12(27-2)6-7-14(13)28-3/h6-7,9,11H,4-5,8,10H2,1-3H3,(H3,19,20,21,22)/t11-/m1/s1. The summed E-state index contributed by atoms with van der Waals surface area (Å²) in [5.74, 6) is 1.78. The molecule has 0 aliphatic carbocycles. The maximum atomic E-state index is 11.6. The lowest BCUT2D eigenvalue weighted by Gasteiger charge is -2.31. The molecule has 0 bridgehead atoms. The maximum absolute atomic E-state index is 11.6. The highest BCUT2D eigenvalue weighted by molar-refractivity contribution is 5.73. The molecule has 1 atom stereocenters. The third-order valence-electron chi connectivity index (χ3n) is 4.68. The van der Waals surface area contributed by atoms with Crippen molar-refractivity contribution < 1.29 is 14.4 Å². The number of nitro groups is 1. The Morgan fingerprint density at radius 2 is 2.11 bits per heavy atom. The summed E-state index contributed by atoms with van der Waals surface area (Å²) < 4.78 is 10.6. The molecule has 0 radical (unpaired) electrons. The van der Waals surface area contributed by atoms with Gasteiger partial charge in [0.25, 0.3) is 0 Å². The summed E-state index contributed by atoms with van der Waals surface area (Å²) in [6.07, 6.45) is 2.02. The monoisotopic (exact) mass is 388 g/mol. The molecule has 0 spiro atoms. The maximum Gasteiger partial charge on any atom is 0.353 e. The van der Waals surface area contributed by atoms with Gasteiger partial charge in [-0.2, -0.15) is 9.97 Å². The predicted octanol–water partition coefficient (Wildman–Crippen LogP) is 2.96. The lowest BCUT2D eigenvalue weighted by molar-refractivity contribution is -0.383.